The van der Waals surface area contributed by atoms with Gasteiger partial charge in [-0.3, -0.25) is 14.8 Å². The van der Waals surface area contributed by atoms with Crippen LogP contribution in [-0.2, 0) is 0 Å². The zero-order valence-corrected chi connectivity index (χ0v) is 18.9. The number of phenolic OH excluding ortho intramolecular Hbond substituents is 1. The van der Waals surface area contributed by atoms with Gasteiger partial charge in [0.25, 0.3) is 5.91 Å². The number of aromatic hydroxyl groups is 1. The van der Waals surface area contributed by atoms with Gasteiger partial charge in [0.1, 0.15) is 17.2 Å². The lowest BCUT2D eigenvalue weighted by Gasteiger charge is -2.27. The van der Waals surface area contributed by atoms with Crippen molar-refractivity contribution in [3.8, 4) is 34.3 Å². The molecule has 0 fully saturated rings. The Morgan fingerprint density at radius 1 is 0.912 bits per heavy atom. The summed E-state index contributed by atoms with van der Waals surface area (Å²) >= 11 is 0. The summed E-state index contributed by atoms with van der Waals surface area (Å²) < 4.78 is 16.0. The maximum atomic E-state index is 13.6. The third-order valence-electron chi connectivity index (χ3n) is 5.98. The molecule has 34 heavy (non-hydrogen) atoms. The molecule has 2 N–H and O–H groups in total. The number of aromatic nitrogens is 2. The zero-order valence-electron chi connectivity index (χ0n) is 18.9. The lowest BCUT2D eigenvalue weighted by molar-refractivity contribution is 0.0988. The highest BCUT2D eigenvalue weighted by atomic mass is 16.5. The number of ether oxygens (including phenoxy) is 3. The SMILES string of the molecule is COc1ccc(N2C(=O)c3[nH]nc(-c4cccc(OC)c4)c3[C@H]2c2ccc(O)c(OC)c2)cc1. The molecule has 0 aliphatic carbocycles. The molecule has 0 bridgehead atoms. The van der Waals surface area contributed by atoms with Gasteiger partial charge in [-0.1, -0.05) is 18.2 Å². The molecule has 1 aromatic heterocycles. The van der Waals surface area contributed by atoms with Crippen molar-refractivity contribution in [3.63, 3.8) is 0 Å². The van der Waals surface area contributed by atoms with Crippen molar-refractivity contribution in [1.29, 1.82) is 0 Å². The van der Waals surface area contributed by atoms with E-state index in [9.17, 15) is 9.90 Å². The first-order chi connectivity index (χ1) is 16.5. The first kappa shape index (κ1) is 21.4. The second kappa shape index (κ2) is 8.47. The number of carbonyl (C=O) groups is 1. The number of methoxy groups -OCH3 is 3. The van der Waals surface area contributed by atoms with Crippen LogP contribution in [-0.4, -0.2) is 42.5 Å². The van der Waals surface area contributed by atoms with E-state index in [2.05, 4.69) is 10.2 Å². The molecule has 8 nitrogen and oxygen atoms in total. The van der Waals surface area contributed by atoms with E-state index in [4.69, 9.17) is 14.2 Å². The Bertz CT molecular complexity index is 1360. The Kier molecular flexibility index (Phi) is 5.33. The number of phenols is 1. The maximum absolute atomic E-state index is 13.6. The van der Waals surface area contributed by atoms with Crippen LogP contribution in [0, 0.1) is 0 Å². The van der Waals surface area contributed by atoms with Crippen molar-refractivity contribution >= 4 is 11.6 Å². The summed E-state index contributed by atoms with van der Waals surface area (Å²) in [5.41, 5.74) is 4.08. The fourth-order valence-electron chi connectivity index (χ4n) is 4.33. The van der Waals surface area contributed by atoms with E-state index < -0.39 is 6.04 Å². The number of nitrogens with one attached hydrogen (secondary N) is 1. The van der Waals surface area contributed by atoms with Crippen molar-refractivity contribution in [1.82, 2.24) is 10.2 Å². The third-order valence-corrected chi connectivity index (χ3v) is 5.98. The largest absolute Gasteiger partial charge is 0.504 e. The van der Waals surface area contributed by atoms with E-state index in [1.807, 2.05) is 48.5 Å². The molecule has 2 heterocycles. The Labute approximate surface area is 196 Å². The van der Waals surface area contributed by atoms with Gasteiger partial charge in [0.05, 0.1) is 33.1 Å². The lowest BCUT2D eigenvalue weighted by Crippen LogP contribution is -2.29. The first-order valence-corrected chi connectivity index (χ1v) is 10.6. The first-order valence-electron chi connectivity index (χ1n) is 10.6. The predicted octanol–water partition coefficient (Wildman–Crippen LogP) is 4.56. The summed E-state index contributed by atoms with van der Waals surface area (Å²) in [5.74, 6) is 1.51. The van der Waals surface area contributed by atoms with Crippen LogP contribution in [0.5, 0.6) is 23.0 Å². The van der Waals surface area contributed by atoms with Crippen LogP contribution < -0.4 is 19.1 Å². The molecule has 0 unspecified atom stereocenters. The molecule has 0 radical (unpaired) electrons. The Morgan fingerprint density at radius 2 is 1.68 bits per heavy atom. The van der Waals surface area contributed by atoms with E-state index in [-0.39, 0.29) is 11.7 Å². The van der Waals surface area contributed by atoms with Crippen molar-refractivity contribution < 1.29 is 24.1 Å². The summed E-state index contributed by atoms with van der Waals surface area (Å²) in [6.07, 6.45) is 0. The predicted molar refractivity (Wildman–Crippen MR) is 127 cm³/mol. The topological polar surface area (TPSA) is 96.9 Å². The molecule has 1 amide bonds. The second-order valence-electron chi connectivity index (χ2n) is 7.80. The molecule has 1 atom stereocenters. The van der Waals surface area contributed by atoms with Gasteiger partial charge in [-0.25, -0.2) is 0 Å². The number of carbonyl (C=O) groups excluding carboxylic acids is 1. The van der Waals surface area contributed by atoms with E-state index >= 15 is 0 Å². The van der Waals surface area contributed by atoms with Crippen molar-refractivity contribution in [2.24, 2.45) is 0 Å². The van der Waals surface area contributed by atoms with E-state index in [0.717, 1.165) is 16.7 Å². The number of aromatic amines is 1. The number of H-pyrrole nitrogens is 1. The fraction of sp³-hybridized carbons (Fsp3) is 0.154. The number of rotatable bonds is 6. The van der Waals surface area contributed by atoms with Crippen LogP contribution in [0.25, 0.3) is 11.3 Å². The van der Waals surface area contributed by atoms with Gasteiger partial charge in [0.15, 0.2) is 11.5 Å². The summed E-state index contributed by atoms with van der Waals surface area (Å²) in [5, 5.41) is 17.6. The summed E-state index contributed by atoms with van der Waals surface area (Å²) in [6, 6.07) is 19.4. The van der Waals surface area contributed by atoms with Gasteiger partial charge in [-0.15, -0.1) is 0 Å². The molecule has 0 saturated heterocycles. The molecule has 3 aromatic carbocycles. The fourth-order valence-corrected chi connectivity index (χ4v) is 4.33. The number of hydrogen-bond donors (Lipinski definition) is 2. The highest BCUT2D eigenvalue weighted by molar-refractivity contribution is 6.11. The van der Waals surface area contributed by atoms with Crippen molar-refractivity contribution in [2.45, 2.75) is 6.04 Å². The number of amides is 1. The molecule has 1 aliphatic heterocycles. The second-order valence-corrected chi connectivity index (χ2v) is 7.80. The number of nitrogens with zero attached hydrogens (tertiary/aromatic N) is 2. The number of hydrogen-bond acceptors (Lipinski definition) is 6. The normalized spacial score (nSPS) is 14.7. The van der Waals surface area contributed by atoms with E-state index in [1.54, 1.807) is 37.3 Å². The Balaban J connectivity index is 1.71. The lowest BCUT2D eigenvalue weighted by atomic mass is 9.95. The third kappa shape index (κ3) is 3.40. The van der Waals surface area contributed by atoms with E-state index in [1.165, 1.54) is 7.11 Å². The quantitative estimate of drug-likeness (QED) is 0.441. The molecule has 0 spiro atoms. The molecule has 1 aliphatic rings. The van der Waals surface area contributed by atoms with Crippen LogP contribution in [0.15, 0.2) is 66.7 Å². The molecule has 5 rings (SSSR count). The monoisotopic (exact) mass is 457 g/mol. The smallest absolute Gasteiger partial charge is 0.277 e. The van der Waals surface area contributed by atoms with Crippen molar-refractivity contribution in [2.75, 3.05) is 26.2 Å². The average molecular weight is 457 g/mol. The Morgan fingerprint density at radius 3 is 2.38 bits per heavy atom. The van der Waals surface area contributed by atoms with Crippen LogP contribution in [0.3, 0.4) is 0 Å². The molecule has 172 valence electrons. The highest BCUT2D eigenvalue weighted by Crippen LogP contribution is 2.46. The summed E-state index contributed by atoms with van der Waals surface area (Å²) in [7, 11) is 4.69. The minimum atomic E-state index is -0.509. The van der Waals surface area contributed by atoms with Crippen LogP contribution in [0.1, 0.15) is 27.7 Å². The minimum absolute atomic E-state index is 0.0204. The van der Waals surface area contributed by atoms with Gasteiger partial charge in [0.2, 0.25) is 0 Å². The van der Waals surface area contributed by atoms with Crippen LogP contribution >= 0.6 is 0 Å². The molecule has 0 saturated carbocycles. The summed E-state index contributed by atoms with van der Waals surface area (Å²) in [4.78, 5) is 15.3. The molecule has 8 heteroatoms. The van der Waals surface area contributed by atoms with Gasteiger partial charge in [-0.05, 0) is 54.1 Å². The zero-order chi connectivity index (χ0) is 23.8. The molecular weight excluding hydrogens is 434 g/mol. The standard InChI is InChI=1S/C26H23N3O5/c1-32-18-10-8-17(9-11-18)29-25(16-7-12-20(30)21(14-16)34-3)22-23(27-28-24(22)26(29)31)15-5-4-6-19(13-15)33-2/h4-14,25,30H,1-3H3,(H,27,28)/t25-/m1/s1. The maximum Gasteiger partial charge on any atom is 0.277 e. The van der Waals surface area contributed by atoms with Gasteiger partial charge < -0.3 is 19.3 Å². The van der Waals surface area contributed by atoms with Gasteiger partial charge in [-0.2, -0.15) is 5.10 Å². The average Bonchev–Trinajstić information content (AvgIpc) is 3.43. The highest BCUT2D eigenvalue weighted by Gasteiger charge is 2.43. The molecular formula is C26H23N3O5. The summed E-state index contributed by atoms with van der Waals surface area (Å²) in [6.45, 7) is 0. The number of anilines is 1. The molecule has 4 aromatic rings. The Hall–Kier alpha value is -4.46. The van der Waals surface area contributed by atoms with Gasteiger partial charge in [0, 0.05) is 16.8 Å². The van der Waals surface area contributed by atoms with Gasteiger partial charge >= 0.3 is 0 Å². The number of fused-ring (bicyclic) bond motifs is 1. The van der Waals surface area contributed by atoms with Crippen LogP contribution in [0.4, 0.5) is 5.69 Å². The minimum Gasteiger partial charge on any atom is -0.504 e. The number of benzene rings is 3. The van der Waals surface area contributed by atoms with Crippen LogP contribution in [0.2, 0.25) is 0 Å². The van der Waals surface area contributed by atoms with Crippen molar-refractivity contribution in [3.05, 3.63) is 83.6 Å². The van der Waals surface area contributed by atoms with E-state index in [0.29, 0.717) is 34.3 Å².